The van der Waals surface area contributed by atoms with Crippen molar-refractivity contribution in [2.24, 2.45) is 5.41 Å². The molecule has 4 heteroatoms. The molecule has 0 amide bonds. The minimum absolute atomic E-state index is 0.269. The van der Waals surface area contributed by atoms with Crippen molar-refractivity contribution in [3.05, 3.63) is 0 Å². The van der Waals surface area contributed by atoms with Crippen LogP contribution in [0.3, 0.4) is 0 Å². The second kappa shape index (κ2) is 8.16. The van der Waals surface area contributed by atoms with E-state index >= 15 is 0 Å². The fourth-order valence-electron chi connectivity index (χ4n) is 2.08. The zero-order chi connectivity index (χ0) is 14.2. The van der Waals surface area contributed by atoms with E-state index in [9.17, 15) is 8.42 Å². The summed E-state index contributed by atoms with van der Waals surface area (Å²) in [5, 5.41) is 3.52. The van der Waals surface area contributed by atoms with Crippen LogP contribution in [0.25, 0.3) is 0 Å². The number of unbranched alkanes of at least 4 members (excludes halogenated alkanes) is 2. The van der Waals surface area contributed by atoms with Crippen LogP contribution in [0.15, 0.2) is 0 Å². The van der Waals surface area contributed by atoms with Crippen LogP contribution in [-0.2, 0) is 9.84 Å². The van der Waals surface area contributed by atoms with E-state index in [0.717, 1.165) is 32.2 Å². The van der Waals surface area contributed by atoms with E-state index in [1.807, 2.05) is 0 Å². The normalized spacial score (nSPS) is 14.7. The first kappa shape index (κ1) is 17.9. The number of sulfone groups is 1. The van der Waals surface area contributed by atoms with Crippen LogP contribution < -0.4 is 5.32 Å². The number of hydrogen-bond acceptors (Lipinski definition) is 3. The summed E-state index contributed by atoms with van der Waals surface area (Å²) in [4.78, 5) is 0. The minimum atomic E-state index is -2.77. The summed E-state index contributed by atoms with van der Waals surface area (Å²) in [5.74, 6) is 0.625. The van der Waals surface area contributed by atoms with Gasteiger partial charge in [0.2, 0.25) is 0 Å². The summed E-state index contributed by atoms with van der Waals surface area (Å²) in [5.41, 5.74) is 0.269. The lowest BCUT2D eigenvalue weighted by Crippen LogP contribution is -2.40. The molecule has 0 heterocycles. The third-order valence-electron chi connectivity index (χ3n) is 3.38. The van der Waals surface area contributed by atoms with Crippen LogP contribution in [0.4, 0.5) is 0 Å². The molecule has 0 saturated heterocycles. The van der Waals surface area contributed by atoms with Crippen LogP contribution >= 0.6 is 0 Å². The number of hydrogen-bond donors (Lipinski definition) is 1. The Bertz CT molecular complexity index is 304. The van der Waals surface area contributed by atoms with Gasteiger partial charge in [-0.15, -0.1) is 0 Å². The summed E-state index contributed by atoms with van der Waals surface area (Å²) >= 11 is 0. The van der Waals surface area contributed by atoms with Gasteiger partial charge in [0.1, 0.15) is 9.84 Å². The van der Waals surface area contributed by atoms with E-state index in [-0.39, 0.29) is 11.2 Å². The van der Waals surface area contributed by atoms with Crippen LogP contribution in [0.5, 0.6) is 0 Å². The van der Waals surface area contributed by atoms with Crippen LogP contribution in [0, 0.1) is 5.41 Å². The molecule has 0 rings (SSSR count). The summed E-state index contributed by atoms with van der Waals surface area (Å²) in [6.45, 7) is 11.6. The van der Waals surface area contributed by atoms with Crippen molar-refractivity contribution in [1.82, 2.24) is 5.32 Å². The second-order valence-electron chi connectivity index (χ2n) is 6.06. The Hall–Kier alpha value is -0.0900. The van der Waals surface area contributed by atoms with Gasteiger partial charge in [0.05, 0.1) is 5.75 Å². The van der Waals surface area contributed by atoms with Gasteiger partial charge < -0.3 is 5.32 Å². The summed E-state index contributed by atoms with van der Waals surface area (Å²) in [7, 11) is -2.77. The molecule has 0 aromatic heterocycles. The van der Waals surface area contributed by atoms with Gasteiger partial charge in [0, 0.05) is 11.8 Å². The summed E-state index contributed by atoms with van der Waals surface area (Å²) in [6.07, 6.45) is 4.05. The first-order valence-corrected chi connectivity index (χ1v) is 8.99. The third kappa shape index (κ3) is 8.09. The molecule has 1 unspecified atom stereocenters. The predicted octanol–water partition coefficient (Wildman–Crippen LogP) is 3.01. The molecule has 18 heavy (non-hydrogen) atoms. The lowest BCUT2D eigenvalue weighted by atomic mass is 9.83. The van der Waals surface area contributed by atoms with Crippen molar-refractivity contribution >= 4 is 9.84 Å². The zero-order valence-electron chi connectivity index (χ0n) is 12.8. The molecule has 0 aliphatic heterocycles. The van der Waals surface area contributed by atoms with Gasteiger partial charge in [-0.3, -0.25) is 0 Å². The van der Waals surface area contributed by atoms with E-state index in [2.05, 4.69) is 33.0 Å². The molecule has 3 nitrogen and oxygen atoms in total. The van der Waals surface area contributed by atoms with Gasteiger partial charge in [-0.25, -0.2) is 8.42 Å². The molecule has 110 valence electrons. The molecule has 1 N–H and O–H groups in total. The minimum Gasteiger partial charge on any atom is -0.314 e. The van der Waals surface area contributed by atoms with Gasteiger partial charge in [-0.05, 0) is 24.8 Å². The highest BCUT2D eigenvalue weighted by Crippen LogP contribution is 2.23. The smallest absolute Gasteiger partial charge is 0.150 e. The molecule has 0 fully saturated rings. The van der Waals surface area contributed by atoms with Crippen molar-refractivity contribution in [1.29, 1.82) is 0 Å². The summed E-state index contributed by atoms with van der Waals surface area (Å²) < 4.78 is 22.7. The fourth-order valence-corrected chi connectivity index (χ4v) is 3.01. The van der Waals surface area contributed by atoms with Crippen molar-refractivity contribution in [3.63, 3.8) is 0 Å². The molecule has 0 aliphatic rings. The summed E-state index contributed by atoms with van der Waals surface area (Å²) in [6, 6.07) is 0.519. The molecular formula is C14H31NO2S. The molecule has 0 saturated carbocycles. The maximum Gasteiger partial charge on any atom is 0.150 e. The van der Waals surface area contributed by atoms with E-state index < -0.39 is 9.84 Å². The molecule has 0 aromatic carbocycles. The van der Waals surface area contributed by atoms with Crippen molar-refractivity contribution in [3.8, 4) is 0 Å². The van der Waals surface area contributed by atoms with Gasteiger partial charge in [0.15, 0.2) is 0 Å². The van der Waals surface area contributed by atoms with Crippen LogP contribution in [0.2, 0.25) is 0 Å². The average molecular weight is 277 g/mol. The number of rotatable bonds is 9. The van der Waals surface area contributed by atoms with E-state index in [1.54, 1.807) is 6.92 Å². The highest BCUT2D eigenvalue weighted by molar-refractivity contribution is 7.91. The Kier molecular flexibility index (Phi) is 8.11. The molecule has 0 bridgehead atoms. The largest absolute Gasteiger partial charge is 0.314 e. The van der Waals surface area contributed by atoms with Gasteiger partial charge in [-0.2, -0.15) is 0 Å². The van der Waals surface area contributed by atoms with Gasteiger partial charge in [-0.1, -0.05) is 47.5 Å². The Morgan fingerprint density at radius 3 is 2.11 bits per heavy atom. The standard InChI is InChI=1S/C14H31NO2S/c1-6-15-13(14(3,4)5)11-9-8-10-12-18(16,17)7-2/h13,15H,6-12H2,1-5H3. The van der Waals surface area contributed by atoms with Gasteiger partial charge in [0.25, 0.3) is 0 Å². The fraction of sp³-hybridized carbons (Fsp3) is 1.00. The monoisotopic (exact) mass is 277 g/mol. The van der Waals surface area contributed by atoms with E-state index in [1.165, 1.54) is 0 Å². The van der Waals surface area contributed by atoms with Crippen molar-refractivity contribution in [2.45, 2.75) is 66.3 Å². The van der Waals surface area contributed by atoms with E-state index in [0.29, 0.717) is 11.8 Å². The Morgan fingerprint density at radius 1 is 1.06 bits per heavy atom. The molecule has 0 spiro atoms. The van der Waals surface area contributed by atoms with Crippen LogP contribution in [0.1, 0.15) is 60.3 Å². The Balaban J connectivity index is 3.88. The first-order chi connectivity index (χ1) is 8.23. The van der Waals surface area contributed by atoms with Crippen molar-refractivity contribution < 1.29 is 8.42 Å². The molecular weight excluding hydrogens is 246 g/mol. The van der Waals surface area contributed by atoms with Gasteiger partial charge >= 0.3 is 0 Å². The van der Waals surface area contributed by atoms with Crippen molar-refractivity contribution in [2.75, 3.05) is 18.1 Å². The van der Waals surface area contributed by atoms with Crippen LogP contribution in [-0.4, -0.2) is 32.5 Å². The maximum atomic E-state index is 11.3. The number of nitrogens with one attached hydrogen (secondary N) is 1. The Morgan fingerprint density at radius 2 is 1.67 bits per heavy atom. The SMILES string of the molecule is CCNC(CCCCCS(=O)(=O)CC)C(C)(C)C. The van der Waals surface area contributed by atoms with E-state index in [4.69, 9.17) is 0 Å². The molecule has 1 atom stereocenters. The average Bonchev–Trinajstić information content (AvgIpc) is 2.26. The highest BCUT2D eigenvalue weighted by atomic mass is 32.2. The molecule has 0 aromatic rings. The Labute approximate surface area is 114 Å². The zero-order valence-corrected chi connectivity index (χ0v) is 13.6. The lowest BCUT2D eigenvalue weighted by Gasteiger charge is -2.31. The third-order valence-corrected chi connectivity index (χ3v) is 5.17. The molecule has 0 radical (unpaired) electrons. The first-order valence-electron chi connectivity index (χ1n) is 7.16. The quantitative estimate of drug-likeness (QED) is 0.659. The highest BCUT2D eigenvalue weighted by Gasteiger charge is 2.22. The predicted molar refractivity (Wildman–Crippen MR) is 79.7 cm³/mol. The maximum absolute atomic E-state index is 11.3. The topological polar surface area (TPSA) is 46.2 Å². The second-order valence-corrected chi connectivity index (χ2v) is 8.53. The lowest BCUT2D eigenvalue weighted by molar-refractivity contribution is 0.253. The molecule has 0 aliphatic carbocycles.